The molecule has 0 spiro atoms. The highest BCUT2D eigenvalue weighted by atomic mass is 19.1. The predicted octanol–water partition coefficient (Wildman–Crippen LogP) is 2.65. The summed E-state index contributed by atoms with van der Waals surface area (Å²) in [6, 6.07) is 10.00. The molecule has 0 saturated carbocycles. The number of fused-ring (bicyclic) bond motifs is 1. The number of rotatable bonds is 5. The average molecular weight is 414 g/mol. The normalized spacial score (nSPS) is 19.3. The van der Waals surface area contributed by atoms with Crippen LogP contribution in [-0.2, 0) is 16.0 Å². The van der Waals surface area contributed by atoms with E-state index >= 15 is 0 Å². The summed E-state index contributed by atoms with van der Waals surface area (Å²) in [5, 5.41) is 0. The van der Waals surface area contributed by atoms with Gasteiger partial charge in [0, 0.05) is 19.6 Å². The van der Waals surface area contributed by atoms with Gasteiger partial charge in [-0.2, -0.15) is 0 Å². The number of benzene rings is 2. The van der Waals surface area contributed by atoms with E-state index in [9.17, 15) is 9.18 Å². The Morgan fingerprint density at radius 3 is 2.40 bits per heavy atom. The lowest BCUT2D eigenvalue weighted by atomic mass is 9.87. The van der Waals surface area contributed by atoms with Gasteiger partial charge in [-0.1, -0.05) is 12.1 Å². The van der Waals surface area contributed by atoms with Crippen LogP contribution in [0.25, 0.3) is 0 Å². The van der Waals surface area contributed by atoms with Crippen molar-refractivity contribution < 1.29 is 23.4 Å². The molecule has 1 fully saturated rings. The first kappa shape index (κ1) is 20.6. The molecule has 2 aliphatic heterocycles. The third-order valence-corrected chi connectivity index (χ3v) is 5.84. The van der Waals surface area contributed by atoms with Crippen LogP contribution in [-0.4, -0.2) is 69.3 Å². The molecule has 1 amide bonds. The van der Waals surface area contributed by atoms with Crippen molar-refractivity contribution in [3.05, 3.63) is 58.9 Å². The smallest absolute Gasteiger partial charge is 0.237 e. The molecule has 1 unspecified atom stereocenters. The van der Waals surface area contributed by atoms with Crippen molar-refractivity contribution >= 4 is 5.91 Å². The maximum Gasteiger partial charge on any atom is 0.237 e. The van der Waals surface area contributed by atoms with Crippen LogP contribution in [0, 0.1) is 5.82 Å². The van der Waals surface area contributed by atoms with Crippen LogP contribution in [0.1, 0.15) is 22.7 Å². The fraction of sp³-hybridized carbons (Fsp3) is 0.435. The highest BCUT2D eigenvalue weighted by Gasteiger charge is 2.34. The van der Waals surface area contributed by atoms with E-state index in [2.05, 4.69) is 4.90 Å². The van der Waals surface area contributed by atoms with Gasteiger partial charge in [0.15, 0.2) is 11.5 Å². The molecule has 30 heavy (non-hydrogen) atoms. The number of carbonyl (C=O) groups is 1. The van der Waals surface area contributed by atoms with Crippen molar-refractivity contribution in [2.24, 2.45) is 0 Å². The first-order valence-corrected chi connectivity index (χ1v) is 10.2. The highest BCUT2D eigenvalue weighted by Crippen LogP contribution is 2.41. The molecule has 2 heterocycles. The highest BCUT2D eigenvalue weighted by molar-refractivity contribution is 5.80. The summed E-state index contributed by atoms with van der Waals surface area (Å²) >= 11 is 0. The van der Waals surface area contributed by atoms with E-state index in [-0.39, 0.29) is 17.8 Å². The quantitative estimate of drug-likeness (QED) is 0.753. The molecule has 0 N–H and O–H groups in total. The van der Waals surface area contributed by atoms with Gasteiger partial charge in [-0.25, -0.2) is 4.39 Å². The lowest BCUT2D eigenvalue weighted by molar-refractivity contribution is -0.135. The predicted molar refractivity (Wildman–Crippen MR) is 110 cm³/mol. The van der Waals surface area contributed by atoms with E-state index in [1.807, 2.05) is 17.0 Å². The number of morpholine rings is 1. The zero-order valence-corrected chi connectivity index (χ0v) is 17.4. The number of halogens is 1. The average Bonchev–Trinajstić information content (AvgIpc) is 2.78. The first-order chi connectivity index (χ1) is 14.6. The lowest BCUT2D eigenvalue weighted by Crippen LogP contribution is -2.48. The van der Waals surface area contributed by atoms with Crippen molar-refractivity contribution in [3.63, 3.8) is 0 Å². The maximum absolute atomic E-state index is 13.6. The van der Waals surface area contributed by atoms with Gasteiger partial charge in [0.25, 0.3) is 0 Å². The molecule has 160 valence electrons. The Labute approximate surface area is 176 Å². The van der Waals surface area contributed by atoms with Gasteiger partial charge in [0.2, 0.25) is 5.91 Å². The summed E-state index contributed by atoms with van der Waals surface area (Å²) in [5.74, 6) is 1.05. The topological polar surface area (TPSA) is 51.2 Å². The number of nitrogens with zero attached hydrogens (tertiary/aromatic N) is 2. The van der Waals surface area contributed by atoms with E-state index < -0.39 is 0 Å². The van der Waals surface area contributed by atoms with Crippen LogP contribution < -0.4 is 9.47 Å². The largest absolute Gasteiger partial charge is 0.493 e. The van der Waals surface area contributed by atoms with Crippen molar-refractivity contribution in [2.45, 2.75) is 12.5 Å². The Bertz CT molecular complexity index is 897. The van der Waals surface area contributed by atoms with Crippen LogP contribution in [0.2, 0.25) is 0 Å². The summed E-state index contributed by atoms with van der Waals surface area (Å²) in [7, 11) is 3.21. The van der Waals surface area contributed by atoms with Gasteiger partial charge in [-0.3, -0.25) is 9.69 Å². The zero-order valence-electron chi connectivity index (χ0n) is 17.4. The van der Waals surface area contributed by atoms with Gasteiger partial charge >= 0.3 is 0 Å². The zero-order chi connectivity index (χ0) is 21.1. The second-order valence-corrected chi connectivity index (χ2v) is 7.59. The van der Waals surface area contributed by atoms with E-state index in [1.54, 1.807) is 26.4 Å². The Kier molecular flexibility index (Phi) is 6.20. The molecule has 0 aromatic heterocycles. The van der Waals surface area contributed by atoms with Crippen LogP contribution in [0.5, 0.6) is 11.5 Å². The molecular formula is C23H27FN2O4. The summed E-state index contributed by atoms with van der Waals surface area (Å²) in [4.78, 5) is 17.3. The summed E-state index contributed by atoms with van der Waals surface area (Å²) < 4.78 is 30.0. The number of ether oxygens (including phenoxy) is 3. The van der Waals surface area contributed by atoms with Crippen molar-refractivity contribution in [1.82, 2.24) is 9.80 Å². The van der Waals surface area contributed by atoms with E-state index in [0.717, 1.165) is 36.2 Å². The Morgan fingerprint density at radius 2 is 1.73 bits per heavy atom. The van der Waals surface area contributed by atoms with Crippen molar-refractivity contribution in [2.75, 3.05) is 53.6 Å². The minimum absolute atomic E-state index is 0.0617. The monoisotopic (exact) mass is 414 g/mol. The van der Waals surface area contributed by atoms with Gasteiger partial charge < -0.3 is 19.1 Å². The number of hydrogen-bond acceptors (Lipinski definition) is 5. The minimum Gasteiger partial charge on any atom is -0.493 e. The molecule has 4 rings (SSSR count). The Balaban J connectivity index is 1.71. The molecule has 0 bridgehead atoms. The minimum atomic E-state index is -0.303. The molecule has 0 aliphatic carbocycles. The van der Waals surface area contributed by atoms with Crippen LogP contribution in [0.3, 0.4) is 0 Å². The number of hydrogen-bond donors (Lipinski definition) is 0. The third-order valence-electron chi connectivity index (χ3n) is 5.84. The van der Waals surface area contributed by atoms with Crippen molar-refractivity contribution in [1.29, 1.82) is 0 Å². The van der Waals surface area contributed by atoms with Crippen molar-refractivity contribution in [3.8, 4) is 11.5 Å². The van der Waals surface area contributed by atoms with Gasteiger partial charge in [0.1, 0.15) is 5.82 Å². The SMILES string of the molecule is COc1cc2c(cc1OC)C(c1ccc(F)cc1)N(C(=O)CN1CCOCC1)CC2. The van der Waals surface area contributed by atoms with E-state index in [0.29, 0.717) is 37.8 Å². The fourth-order valence-corrected chi connectivity index (χ4v) is 4.26. The van der Waals surface area contributed by atoms with Gasteiger partial charge in [0.05, 0.1) is 40.0 Å². The summed E-state index contributed by atoms with van der Waals surface area (Å²) in [6.45, 7) is 3.74. The molecule has 6 nitrogen and oxygen atoms in total. The molecule has 2 aliphatic rings. The summed E-state index contributed by atoms with van der Waals surface area (Å²) in [6.07, 6.45) is 0.724. The molecule has 1 saturated heterocycles. The van der Waals surface area contributed by atoms with Gasteiger partial charge in [-0.15, -0.1) is 0 Å². The van der Waals surface area contributed by atoms with E-state index in [1.165, 1.54) is 12.1 Å². The number of methoxy groups -OCH3 is 2. The molecule has 1 atom stereocenters. The molecule has 2 aromatic carbocycles. The second kappa shape index (κ2) is 9.02. The Hall–Kier alpha value is -2.64. The van der Waals surface area contributed by atoms with Gasteiger partial charge in [-0.05, 0) is 47.4 Å². The summed E-state index contributed by atoms with van der Waals surface area (Å²) in [5.41, 5.74) is 2.97. The molecule has 7 heteroatoms. The third kappa shape index (κ3) is 4.13. The molecular weight excluding hydrogens is 387 g/mol. The lowest BCUT2D eigenvalue weighted by Gasteiger charge is -2.39. The first-order valence-electron chi connectivity index (χ1n) is 10.2. The fourth-order valence-electron chi connectivity index (χ4n) is 4.26. The van der Waals surface area contributed by atoms with E-state index in [4.69, 9.17) is 14.2 Å². The van der Waals surface area contributed by atoms with Crippen LogP contribution in [0.4, 0.5) is 4.39 Å². The molecule has 0 radical (unpaired) electrons. The van der Waals surface area contributed by atoms with Crippen LogP contribution in [0.15, 0.2) is 36.4 Å². The second-order valence-electron chi connectivity index (χ2n) is 7.59. The maximum atomic E-state index is 13.6. The van der Waals surface area contributed by atoms with Crippen LogP contribution >= 0.6 is 0 Å². The molecule has 2 aromatic rings. The number of carbonyl (C=O) groups excluding carboxylic acids is 1. The number of amides is 1. The standard InChI is InChI=1S/C23H27FN2O4/c1-28-20-13-17-7-8-26(22(27)15-25-9-11-30-12-10-25)23(19(17)14-21(20)29-2)16-3-5-18(24)6-4-16/h3-6,13-14,23H,7-12,15H2,1-2H3. The Morgan fingerprint density at radius 1 is 1.07 bits per heavy atom.